The maximum atomic E-state index is 13.4. The zero-order chi connectivity index (χ0) is 14.3. The Labute approximate surface area is 121 Å². The van der Waals surface area contributed by atoms with Crippen LogP contribution in [-0.2, 0) is 6.42 Å². The molecule has 1 unspecified atom stereocenters. The number of fused-ring (bicyclic) bond motifs is 1. The molecule has 0 spiro atoms. The SMILES string of the molecule is CC(=N)c1cccc(C2Cc3cc(Cl)c(F)cc3O2)c1. The molecule has 0 amide bonds. The zero-order valence-corrected chi connectivity index (χ0v) is 11.7. The molecule has 0 bridgehead atoms. The molecule has 1 aliphatic rings. The fourth-order valence-electron chi connectivity index (χ4n) is 2.39. The molecule has 1 aliphatic heterocycles. The Hall–Kier alpha value is -1.87. The Kier molecular flexibility index (Phi) is 3.22. The van der Waals surface area contributed by atoms with Crippen LogP contribution in [0.3, 0.4) is 0 Å². The summed E-state index contributed by atoms with van der Waals surface area (Å²) in [5.74, 6) is 0.0871. The number of hydrogen-bond acceptors (Lipinski definition) is 2. The predicted molar refractivity (Wildman–Crippen MR) is 77.4 cm³/mol. The maximum Gasteiger partial charge on any atom is 0.145 e. The summed E-state index contributed by atoms with van der Waals surface area (Å²) in [6.07, 6.45) is 0.512. The molecule has 0 fully saturated rings. The van der Waals surface area contributed by atoms with Crippen LogP contribution in [0.4, 0.5) is 4.39 Å². The highest BCUT2D eigenvalue weighted by molar-refractivity contribution is 6.30. The maximum absolute atomic E-state index is 13.4. The van der Waals surface area contributed by atoms with Gasteiger partial charge in [0.25, 0.3) is 0 Å². The Morgan fingerprint density at radius 1 is 1.35 bits per heavy atom. The molecule has 1 heterocycles. The van der Waals surface area contributed by atoms with Crippen molar-refractivity contribution in [3.05, 3.63) is 63.9 Å². The first-order valence-corrected chi connectivity index (χ1v) is 6.72. The van der Waals surface area contributed by atoms with E-state index in [-0.39, 0.29) is 11.1 Å². The first kappa shape index (κ1) is 13.1. The lowest BCUT2D eigenvalue weighted by atomic mass is 10.0. The van der Waals surface area contributed by atoms with Crippen molar-refractivity contribution >= 4 is 17.3 Å². The van der Waals surface area contributed by atoms with Gasteiger partial charge in [0.05, 0.1) is 5.02 Å². The highest BCUT2D eigenvalue weighted by atomic mass is 35.5. The first-order valence-electron chi connectivity index (χ1n) is 6.34. The van der Waals surface area contributed by atoms with Gasteiger partial charge in [-0.25, -0.2) is 4.39 Å². The van der Waals surface area contributed by atoms with Crippen molar-refractivity contribution in [3.8, 4) is 5.75 Å². The summed E-state index contributed by atoms with van der Waals surface area (Å²) in [5.41, 5.74) is 3.28. The zero-order valence-electron chi connectivity index (χ0n) is 10.9. The van der Waals surface area contributed by atoms with Crippen molar-refractivity contribution in [2.75, 3.05) is 0 Å². The smallest absolute Gasteiger partial charge is 0.145 e. The minimum atomic E-state index is -0.463. The van der Waals surface area contributed by atoms with Crippen molar-refractivity contribution in [1.82, 2.24) is 0 Å². The van der Waals surface area contributed by atoms with E-state index in [1.807, 2.05) is 24.3 Å². The van der Waals surface area contributed by atoms with E-state index in [1.165, 1.54) is 6.07 Å². The minimum absolute atomic E-state index is 0.122. The van der Waals surface area contributed by atoms with Crippen LogP contribution in [0.5, 0.6) is 5.75 Å². The van der Waals surface area contributed by atoms with E-state index in [4.69, 9.17) is 21.7 Å². The molecule has 0 saturated heterocycles. The van der Waals surface area contributed by atoms with Gasteiger partial charge in [-0.2, -0.15) is 0 Å². The second kappa shape index (κ2) is 4.91. The van der Waals surface area contributed by atoms with Crippen LogP contribution < -0.4 is 4.74 Å². The molecule has 0 saturated carbocycles. The van der Waals surface area contributed by atoms with E-state index in [9.17, 15) is 4.39 Å². The van der Waals surface area contributed by atoms with E-state index in [2.05, 4.69) is 0 Å². The van der Waals surface area contributed by atoms with Crippen LogP contribution in [0.2, 0.25) is 5.02 Å². The molecule has 1 N–H and O–H groups in total. The predicted octanol–water partition coefficient (Wildman–Crippen LogP) is 4.54. The van der Waals surface area contributed by atoms with Gasteiger partial charge in [0.2, 0.25) is 0 Å². The number of hydrogen-bond donors (Lipinski definition) is 1. The second-order valence-corrected chi connectivity index (χ2v) is 5.34. The lowest BCUT2D eigenvalue weighted by molar-refractivity contribution is 0.238. The highest BCUT2D eigenvalue weighted by Crippen LogP contribution is 2.39. The Morgan fingerprint density at radius 2 is 2.15 bits per heavy atom. The molecule has 102 valence electrons. The lowest BCUT2D eigenvalue weighted by Crippen LogP contribution is -2.04. The van der Waals surface area contributed by atoms with Crippen molar-refractivity contribution < 1.29 is 9.13 Å². The largest absolute Gasteiger partial charge is 0.485 e. The summed E-state index contributed by atoms with van der Waals surface area (Å²) in [7, 11) is 0. The van der Waals surface area contributed by atoms with Gasteiger partial charge in [0, 0.05) is 18.2 Å². The number of benzene rings is 2. The second-order valence-electron chi connectivity index (χ2n) is 4.94. The molecular formula is C16H13ClFNO. The van der Waals surface area contributed by atoms with Crippen LogP contribution in [0.25, 0.3) is 0 Å². The van der Waals surface area contributed by atoms with Gasteiger partial charge in [-0.05, 0) is 35.7 Å². The van der Waals surface area contributed by atoms with E-state index >= 15 is 0 Å². The third-order valence-corrected chi connectivity index (χ3v) is 3.76. The number of rotatable bonds is 2. The molecule has 1 atom stereocenters. The molecule has 2 aromatic rings. The van der Waals surface area contributed by atoms with Gasteiger partial charge in [-0.3, -0.25) is 0 Å². The van der Waals surface area contributed by atoms with E-state index in [0.29, 0.717) is 17.9 Å². The summed E-state index contributed by atoms with van der Waals surface area (Å²) in [5, 5.41) is 7.80. The third-order valence-electron chi connectivity index (χ3n) is 3.47. The molecule has 2 nitrogen and oxygen atoms in total. The third kappa shape index (κ3) is 2.29. The Bertz CT molecular complexity index is 668. The van der Waals surface area contributed by atoms with Gasteiger partial charge in [-0.1, -0.05) is 29.8 Å². The van der Waals surface area contributed by atoms with E-state index in [0.717, 1.165) is 16.7 Å². The summed E-state index contributed by atoms with van der Waals surface area (Å²) in [6, 6.07) is 10.7. The molecule has 0 aliphatic carbocycles. The summed E-state index contributed by atoms with van der Waals surface area (Å²) < 4.78 is 19.2. The van der Waals surface area contributed by atoms with E-state index in [1.54, 1.807) is 13.0 Å². The number of halogens is 2. The van der Waals surface area contributed by atoms with E-state index < -0.39 is 5.82 Å². The van der Waals surface area contributed by atoms with Crippen molar-refractivity contribution in [2.45, 2.75) is 19.4 Å². The van der Waals surface area contributed by atoms with Gasteiger partial charge >= 0.3 is 0 Å². The standard InChI is InChI=1S/C16H13ClFNO/c1-9(19)10-3-2-4-11(5-10)15-7-12-6-13(17)14(18)8-16(12)20-15/h2-6,8,15,19H,7H2,1H3. The normalized spacial score (nSPS) is 16.6. The van der Waals surface area contributed by atoms with Gasteiger partial charge in [-0.15, -0.1) is 0 Å². The molecule has 3 rings (SSSR count). The van der Waals surface area contributed by atoms with Gasteiger partial charge < -0.3 is 10.1 Å². The molecule has 0 radical (unpaired) electrons. The Balaban J connectivity index is 1.92. The number of ether oxygens (including phenoxy) is 1. The lowest BCUT2D eigenvalue weighted by Gasteiger charge is -2.12. The highest BCUT2D eigenvalue weighted by Gasteiger charge is 2.26. The Morgan fingerprint density at radius 3 is 2.90 bits per heavy atom. The molecule has 4 heteroatoms. The topological polar surface area (TPSA) is 33.1 Å². The van der Waals surface area contributed by atoms with Crippen LogP contribution >= 0.6 is 11.6 Å². The molecule has 20 heavy (non-hydrogen) atoms. The fourth-order valence-corrected chi connectivity index (χ4v) is 2.58. The van der Waals surface area contributed by atoms with Crippen LogP contribution in [0.1, 0.15) is 29.7 Å². The fraction of sp³-hybridized carbons (Fsp3) is 0.188. The first-order chi connectivity index (χ1) is 9.54. The summed E-state index contributed by atoms with van der Waals surface area (Å²) in [4.78, 5) is 0. The summed E-state index contributed by atoms with van der Waals surface area (Å²) >= 11 is 5.79. The monoisotopic (exact) mass is 289 g/mol. The van der Waals surface area contributed by atoms with Crippen molar-refractivity contribution in [3.63, 3.8) is 0 Å². The average Bonchev–Trinajstić information content (AvgIpc) is 2.82. The number of nitrogens with one attached hydrogen (secondary N) is 1. The molecule has 0 aromatic heterocycles. The van der Waals surface area contributed by atoms with Crippen LogP contribution in [0, 0.1) is 11.2 Å². The molecular weight excluding hydrogens is 277 g/mol. The summed E-state index contributed by atoms with van der Waals surface area (Å²) in [6.45, 7) is 1.75. The average molecular weight is 290 g/mol. The van der Waals surface area contributed by atoms with Gasteiger partial charge in [0.15, 0.2) is 0 Å². The quantitative estimate of drug-likeness (QED) is 0.809. The van der Waals surface area contributed by atoms with Crippen LogP contribution in [-0.4, -0.2) is 5.71 Å². The molecule has 2 aromatic carbocycles. The minimum Gasteiger partial charge on any atom is -0.485 e. The van der Waals surface area contributed by atoms with Crippen molar-refractivity contribution in [2.24, 2.45) is 0 Å². The van der Waals surface area contributed by atoms with Gasteiger partial charge in [0.1, 0.15) is 17.7 Å². The van der Waals surface area contributed by atoms with Crippen LogP contribution in [0.15, 0.2) is 36.4 Å². The van der Waals surface area contributed by atoms with Crippen molar-refractivity contribution in [1.29, 1.82) is 5.41 Å².